The van der Waals surface area contributed by atoms with Crippen molar-refractivity contribution in [2.75, 3.05) is 6.61 Å². The molecule has 0 aliphatic rings. The molecule has 29 heavy (non-hydrogen) atoms. The molecular formula is C23H31ClO4Si. The van der Waals surface area contributed by atoms with Gasteiger partial charge in [0.2, 0.25) is 8.32 Å². The number of carbonyl (C=O) groups is 1. The maximum atomic E-state index is 11.5. The van der Waals surface area contributed by atoms with Crippen LogP contribution in [0.3, 0.4) is 0 Å². The second-order valence-corrected chi connectivity index (χ2v) is 13.6. The molecule has 4 nitrogen and oxygen atoms in total. The molecule has 2 rings (SSSR count). The van der Waals surface area contributed by atoms with Gasteiger partial charge in [0.05, 0.1) is 6.61 Å². The molecule has 0 atom stereocenters. The molecule has 0 aliphatic heterocycles. The molecule has 0 bridgehead atoms. The zero-order chi connectivity index (χ0) is 21.7. The van der Waals surface area contributed by atoms with Crippen LogP contribution >= 0.6 is 11.6 Å². The minimum Gasteiger partial charge on any atom is -0.543 e. The van der Waals surface area contributed by atoms with Crippen LogP contribution in [0.1, 0.15) is 39.7 Å². The molecule has 0 spiro atoms. The molecule has 0 radical (unpaired) electrons. The van der Waals surface area contributed by atoms with E-state index in [9.17, 15) is 4.79 Å². The van der Waals surface area contributed by atoms with Crippen molar-refractivity contribution in [1.82, 2.24) is 0 Å². The summed E-state index contributed by atoms with van der Waals surface area (Å²) in [6.45, 7) is 13.3. The smallest absolute Gasteiger partial charge is 0.306 e. The summed E-state index contributed by atoms with van der Waals surface area (Å²) in [5.74, 6) is 1.92. The maximum Gasteiger partial charge on any atom is 0.306 e. The Morgan fingerprint density at radius 3 is 2.31 bits per heavy atom. The van der Waals surface area contributed by atoms with E-state index in [-0.39, 0.29) is 11.0 Å². The molecule has 2 aromatic rings. The van der Waals surface area contributed by atoms with Crippen molar-refractivity contribution < 1.29 is 18.7 Å². The van der Waals surface area contributed by atoms with Crippen LogP contribution in [0.4, 0.5) is 0 Å². The van der Waals surface area contributed by atoms with Gasteiger partial charge >= 0.3 is 5.97 Å². The van der Waals surface area contributed by atoms with Gasteiger partial charge in [-0.3, -0.25) is 4.79 Å². The van der Waals surface area contributed by atoms with Crippen LogP contribution in [0.15, 0.2) is 42.5 Å². The van der Waals surface area contributed by atoms with E-state index >= 15 is 0 Å². The number of aryl methyl sites for hydroxylation is 1. The van der Waals surface area contributed by atoms with Gasteiger partial charge in [-0.05, 0) is 61.3 Å². The maximum absolute atomic E-state index is 11.5. The average molecular weight is 435 g/mol. The minimum atomic E-state index is -1.92. The first-order valence-electron chi connectivity index (χ1n) is 9.93. The molecule has 0 fully saturated rings. The third-order valence-electron chi connectivity index (χ3n) is 5.15. The van der Waals surface area contributed by atoms with Crippen molar-refractivity contribution >= 4 is 25.9 Å². The van der Waals surface area contributed by atoms with Crippen molar-refractivity contribution in [1.29, 1.82) is 0 Å². The number of rotatable bonds is 8. The average Bonchev–Trinajstić information content (AvgIpc) is 2.60. The number of hydrogen-bond donors (Lipinski definition) is 0. The van der Waals surface area contributed by atoms with Gasteiger partial charge in [-0.15, -0.1) is 0 Å². The summed E-state index contributed by atoms with van der Waals surface area (Å²) in [5.41, 5.74) is 0.891. The van der Waals surface area contributed by atoms with Crippen LogP contribution in [-0.2, 0) is 16.0 Å². The van der Waals surface area contributed by atoms with Crippen molar-refractivity contribution in [2.24, 2.45) is 0 Å². The minimum absolute atomic E-state index is 0.122. The Bertz CT molecular complexity index is 843. The number of halogens is 1. The van der Waals surface area contributed by atoms with Gasteiger partial charge in [0.15, 0.2) is 0 Å². The van der Waals surface area contributed by atoms with Gasteiger partial charge in [0, 0.05) is 17.5 Å². The van der Waals surface area contributed by atoms with Crippen molar-refractivity contribution in [3.05, 3.63) is 53.1 Å². The third-order valence-corrected chi connectivity index (χ3v) is 9.86. The SMILES string of the molecule is CCOC(=O)CCc1ccc(Oc2cccc(O[Si](C)(C)C(C)(C)C)c2)cc1Cl. The fourth-order valence-corrected chi connectivity index (χ4v) is 3.74. The number of hydrogen-bond acceptors (Lipinski definition) is 4. The van der Waals surface area contributed by atoms with Gasteiger partial charge in [-0.1, -0.05) is 44.5 Å². The van der Waals surface area contributed by atoms with E-state index in [0.717, 1.165) is 11.3 Å². The molecular weight excluding hydrogens is 404 g/mol. The zero-order valence-corrected chi connectivity index (χ0v) is 19.9. The second kappa shape index (κ2) is 9.68. The summed E-state index contributed by atoms with van der Waals surface area (Å²) >= 11 is 6.37. The van der Waals surface area contributed by atoms with E-state index in [1.165, 1.54) is 0 Å². The lowest BCUT2D eigenvalue weighted by Gasteiger charge is -2.36. The highest BCUT2D eigenvalue weighted by atomic mass is 35.5. The van der Waals surface area contributed by atoms with Crippen LogP contribution < -0.4 is 9.16 Å². The molecule has 6 heteroatoms. The Morgan fingerprint density at radius 1 is 1.03 bits per heavy atom. The van der Waals surface area contributed by atoms with Gasteiger partial charge in [0.25, 0.3) is 0 Å². The van der Waals surface area contributed by atoms with Crippen LogP contribution in [0.5, 0.6) is 17.2 Å². The molecule has 158 valence electrons. The van der Waals surface area contributed by atoms with Crippen LogP contribution in [0, 0.1) is 0 Å². The lowest BCUT2D eigenvalue weighted by atomic mass is 10.1. The Kier molecular flexibility index (Phi) is 7.78. The van der Waals surface area contributed by atoms with Crippen molar-refractivity contribution in [3.63, 3.8) is 0 Å². The topological polar surface area (TPSA) is 44.8 Å². The number of ether oxygens (including phenoxy) is 2. The molecule has 0 unspecified atom stereocenters. The molecule has 2 aromatic carbocycles. The predicted octanol–water partition coefficient (Wildman–Crippen LogP) is 7.01. The summed E-state index contributed by atoms with van der Waals surface area (Å²) in [6, 6.07) is 13.2. The number of benzene rings is 2. The summed E-state index contributed by atoms with van der Waals surface area (Å²) in [6.07, 6.45) is 0.842. The van der Waals surface area contributed by atoms with Crippen LogP contribution in [0.2, 0.25) is 23.2 Å². The molecule has 0 heterocycles. The Morgan fingerprint density at radius 2 is 1.69 bits per heavy atom. The fraction of sp³-hybridized carbons (Fsp3) is 0.435. The largest absolute Gasteiger partial charge is 0.543 e. The summed E-state index contributed by atoms with van der Waals surface area (Å²) < 4.78 is 17.3. The van der Waals surface area contributed by atoms with Crippen LogP contribution in [0.25, 0.3) is 0 Å². The summed E-state index contributed by atoms with van der Waals surface area (Å²) in [4.78, 5) is 11.5. The Hall–Kier alpha value is -1.98. The van der Waals surface area contributed by atoms with Gasteiger partial charge in [0.1, 0.15) is 17.2 Å². The quantitative estimate of drug-likeness (QED) is 0.331. The predicted molar refractivity (Wildman–Crippen MR) is 121 cm³/mol. The monoisotopic (exact) mass is 434 g/mol. The first-order valence-corrected chi connectivity index (χ1v) is 13.2. The van der Waals surface area contributed by atoms with E-state index in [2.05, 4.69) is 33.9 Å². The highest BCUT2D eigenvalue weighted by molar-refractivity contribution is 6.74. The highest BCUT2D eigenvalue weighted by Crippen LogP contribution is 2.38. The fourth-order valence-electron chi connectivity index (χ4n) is 2.45. The standard InChI is InChI=1S/C23H31ClO4Si/c1-7-26-22(25)14-12-17-11-13-19(16-21(17)24)27-18-9-8-10-20(15-18)28-29(5,6)23(2,3)4/h8-11,13,15-16H,7,12,14H2,1-6H3. The Balaban J connectivity index is 2.07. The highest BCUT2D eigenvalue weighted by Gasteiger charge is 2.39. The second-order valence-electron chi connectivity index (χ2n) is 8.50. The molecule has 0 amide bonds. The van der Waals surface area contributed by atoms with Gasteiger partial charge < -0.3 is 13.9 Å². The lowest BCUT2D eigenvalue weighted by Crippen LogP contribution is -2.43. The first kappa shape index (κ1) is 23.3. The van der Waals surface area contributed by atoms with Gasteiger partial charge in [-0.2, -0.15) is 0 Å². The number of esters is 1. The van der Waals surface area contributed by atoms with Crippen molar-refractivity contribution in [2.45, 2.75) is 58.7 Å². The van der Waals surface area contributed by atoms with E-state index < -0.39 is 8.32 Å². The normalized spacial score (nSPS) is 11.8. The van der Waals surface area contributed by atoms with E-state index in [0.29, 0.717) is 36.0 Å². The molecule has 0 saturated carbocycles. The third kappa shape index (κ3) is 6.79. The molecule has 0 saturated heterocycles. The Labute approximate surface area is 180 Å². The first-order chi connectivity index (χ1) is 13.5. The van der Waals surface area contributed by atoms with E-state index in [1.54, 1.807) is 13.0 Å². The summed E-state index contributed by atoms with van der Waals surface area (Å²) in [5, 5.41) is 0.692. The van der Waals surface area contributed by atoms with Crippen molar-refractivity contribution in [3.8, 4) is 17.2 Å². The molecule has 0 N–H and O–H groups in total. The van der Waals surface area contributed by atoms with E-state index in [4.69, 9.17) is 25.5 Å². The number of carbonyl (C=O) groups excluding carboxylic acids is 1. The van der Waals surface area contributed by atoms with E-state index in [1.807, 2.05) is 36.4 Å². The van der Waals surface area contributed by atoms with Crippen LogP contribution in [-0.4, -0.2) is 20.9 Å². The zero-order valence-electron chi connectivity index (χ0n) is 18.2. The molecule has 0 aromatic heterocycles. The summed E-state index contributed by atoms with van der Waals surface area (Å²) in [7, 11) is -1.92. The van der Waals surface area contributed by atoms with Gasteiger partial charge in [-0.25, -0.2) is 0 Å². The lowest BCUT2D eigenvalue weighted by molar-refractivity contribution is -0.143. The molecule has 0 aliphatic carbocycles.